The van der Waals surface area contributed by atoms with Crippen molar-refractivity contribution in [1.29, 1.82) is 0 Å². The first-order valence-electron chi connectivity index (χ1n) is 11.1. The van der Waals surface area contributed by atoms with Crippen LogP contribution in [0, 0.1) is 5.82 Å². The van der Waals surface area contributed by atoms with Crippen LogP contribution in [0.4, 0.5) is 4.39 Å². The Morgan fingerprint density at radius 3 is 2.51 bits per heavy atom. The van der Waals surface area contributed by atoms with E-state index in [-0.39, 0.29) is 11.7 Å². The summed E-state index contributed by atoms with van der Waals surface area (Å²) < 4.78 is 15.4. The topological polar surface area (TPSA) is 72.7 Å². The number of carbonyl (C=O) groups excluding carboxylic acids is 1. The summed E-state index contributed by atoms with van der Waals surface area (Å²) in [6.45, 7) is 0.955. The number of carbonyl (C=O) groups is 1. The van der Waals surface area contributed by atoms with Crippen LogP contribution in [0.15, 0.2) is 96.5 Å². The van der Waals surface area contributed by atoms with E-state index >= 15 is 0 Å². The standard InChI is InChI=1S/C27H22FN5OS/c28-22-10-6-19(7-11-22)17-33-25-16-29-14-12-24(25)32-27(33)35-18-20-4-8-21(9-5-20)26(34)31-15-23-3-1-2-13-30-23/h1-14,16H,15,17-18H2,(H,31,34). The van der Waals surface area contributed by atoms with E-state index in [0.29, 0.717) is 24.4 Å². The highest BCUT2D eigenvalue weighted by Gasteiger charge is 2.13. The van der Waals surface area contributed by atoms with Crippen LogP contribution in [0.2, 0.25) is 0 Å². The van der Waals surface area contributed by atoms with Gasteiger partial charge in [0.2, 0.25) is 0 Å². The van der Waals surface area contributed by atoms with Crippen molar-refractivity contribution in [3.8, 4) is 0 Å². The fraction of sp³-hybridized carbons (Fsp3) is 0.111. The molecular formula is C27H22FN5OS. The number of amides is 1. The summed E-state index contributed by atoms with van der Waals surface area (Å²) in [4.78, 5) is 25.7. The third kappa shape index (κ3) is 5.55. The van der Waals surface area contributed by atoms with Gasteiger partial charge in [-0.2, -0.15) is 0 Å². The Kier molecular flexibility index (Phi) is 6.81. The van der Waals surface area contributed by atoms with Gasteiger partial charge in [-0.3, -0.25) is 14.8 Å². The molecule has 0 saturated carbocycles. The molecule has 0 aliphatic heterocycles. The summed E-state index contributed by atoms with van der Waals surface area (Å²) >= 11 is 1.61. The van der Waals surface area contributed by atoms with E-state index in [2.05, 4.69) is 19.9 Å². The zero-order valence-electron chi connectivity index (χ0n) is 18.8. The van der Waals surface area contributed by atoms with Gasteiger partial charge in [-0.25, -0.2) is 9.37 Å². The fourth-order valence-electron chi connectivity index (χ4n) is 3.66. The first-order chi connectivity index (χ1) is 17.2. The molecule has 0 fully saturated rings. The number of hydrogen-bond acceptors (Lipinski definition) is 5. The van der Waals surface area contributed by atoms with Crippen LogP contribution in [0.5, 0.6) is 0 Å². The van der Waals surface area contributed by atoms with Gasteiger partial charge in [0.1, 0.15) is 5.82 Å². The number of fused-ring (bicyclic) bond motifs is 1. The van der Waals surface area contributed by atoms with Gasteiger partial charge in [-0.1, -0.05) is 42.1 Å². The number of nitrogens with one attached hydrogen (secondary N) is 1. The first-order valence-corrected chi connectivity index (χ1v) is 12.1. The van der Waals surface area contributed by atoms with Crippen molar-refractivity contribution in [3.63, 3.8) is 0 Å². The molecule has 1 amide bonds. The molecular weight excluding hydrogens is 461 g/mol. The number of thioether (sulfide) groups is 1. The lowest BCUT2D eigenvalue weighted by Gasteiger charge is -2.10. The highest BCUT2D eigenvalue weighted by molar-refractivity contribution is 7.98. The SMILES string of the molecule is O=C(NCc1ccccn1)c1ccc(CSc2nc3ccncc3n2Cc2ccc(F)cc2)cc1. The largest absolute Gasteiger partial charge is 0.346 e. The highest BCUT2D eigenvalue weighted by Crippen LogP contribution is 2.27. The zero-order valence-corrected chi connectivity index (χ0v) is 19.6. The minimum absolute atomic E-state index is 0.136. The van der Waals surface area contributed by atoms with Crippen LogP contribution in [-0.2, 0) is 18.8 Å². The summed E-state index contributed by atoms with van der Waals surface area (Å²) in [5, 5.41) is 3.75. The summed E-state index contributed by atoms with van der Waals surface area (Å²) in [5.41, 5.74) is 5.27. The number of halogens is 1. The van der Waals surface area contributed by atoms with Crippen molar-refractivity contribution in [2.24, 2.45) is 0 Å². The molecule has 0 spiro atoms. The molecule has 0 radical (unpaired) electrons. The maximum Gasteiger partial charge on any atom is 0.251 e. The summed E-state index contributed by atoms with van der Waals surface area (Å²) in [7, 11) is 0. The number of imidazole rings is 1. The van der Waals surface area contributed by atoms with Gasteiger partial charge in [-0.15, -0.1) is 0 Å². The van der Waals surface area contributed by atoms with Crippen molar-refractivity contribution in [2.45, 2.75) is 24.0 Å². The molecule has 5 aromatic rings. The Hall–Kier alpha value is -4.04. The van der Waals surface area contributed by atoms with Gasteiger partial charge < -0.3 is 9.88 Å². The van der Waals surface area contributed by atoms with Crippen LogP contribution in [0.1, 0.15) is 27.2 Å². The van der Waals surface area contributed by atoms with Crippen molar-refractivity contribution >= 4 is 28.7 Å². The lowest BCUT2D eigenvalue weighted by atomic mass is 10.1. The maximum atomic E-state index is 13.3. The molecule has 0 unspecified atom stereocenters. The van der Waals surface area contributed by atoms with E-state index in [1.165, 1.54) is 12.1 Å². The molecule has 8 heteroatoms. The Morgan fingerprint density at radius 1 is 0.943 bits per heavy atom. The first kappa shape index (κ1) is 22.7. The van der Waals surface area contributed by atoms with Gasteiger partial charge in [0.05, 0.1) is 36.0 Å². The number of nitrogens with zero attached hydrogens (tertiary/aromatic N) is 4. The predicted octanol–water partition coefficient (Wildman–Crippen LogP) is 5.24. The molecule has 35 heavy (non-hydrogen) atoms. The summed E-state index contributed by atoms with van der Waals surface area (Å²) in [6, 6.07) is 21.6. The molecule has 1 N–H and O–H groups in total. The zero-order chi connectivity index (χ0) is 24.0. The Labute approximate surface area is 206 Å². The second-order valence-corrected chi connectivity index (χ2v) is 8.90. The number of benzene rings is 2. The van der Waals surface area contributed by atoms with Crippen LogP contribution in [-0.4, -0.2) is 25.4 Å². The number of rotatable bonds is 8. The van der Waals surface area contributed by atoms with Crippen LogP contribution in [0.25, 0.3) is 11.0 Å². The molecule has 2 aromatic carbocycles. The highest BCUT2D eigenvalue weighted by atomic mass is 32.2. The normalized spacial score (nSPS) is 11.0. The molecule has 6 nitrogen and oxygen atoms in total. The summed E-state index contributed by atoms with van der Waals surface area (Å²) in [5.74, 6) is 0.300. The number of pyridine rings is 2. The van der Waals surface area contributed by atoms with E-state index in [4.69, 9.17) is 4.98 Å². The Morgan fingerprint density at radius 2 is 1.74 bits per heavy atom. The van der Waals surface area contributed by atoms with Crippen LogP contribution in [0.3, 0.4) is 0 Å². The fourth-order valence-corrected chi connectivity index (χ4v) is 4.63. The molecule has 3 aromatic heterocycles. The second kappa shape index (κ2) is 10.5. The van der Waals surface area contributed by atoms with Gasteiger partial charge >= 0.3 is 0 Å². The van der Waals surface area contributed by atoms with Crippen molar-refractivity contribution in [3.05, 3.63) is 120 Å². The lowest BCUT2D eigenvalue weighted by Crippen LogP contribution is -2.23. The molecule has 0 saturated heterocycles. The minimum Gasteiger partial charge on any atom is -0.346 e. The van der Waals surface area contributed by atoms with Crippen LogP contribution >= 0.6 is 11.8 Å². The van der Waals surface area contributed by atoms with Gasteiger partial charge in [0, 0.05) is 23.7 Å². The third-order valence-electron chi connectivity index (χ3n) is 5.51. The second-order valence-electron chi connectivity index (χ2n) is 7.96. The molecule has 0 bridgehead atoms. The van der Waals surface area contributed by atoms with Crippen LogP contribution < -0.4 is 5.32 Å². The third-order valence-corrected chi connectivity index (χ3v) is 6.56. The Balaban J connectivity index is 1.27. The molecule has 174 valence electrons. The van der Waals surface area contributed by atoms with Crippen molar-refractivity contribution in [2.75, 3.05) is 0 Å². The van der Waals surface area contributed by atoms with Crippen molar-refractivity contribution < 1.29 is 9.18 Å². The van der Waals surface area contributed by atoms with E-state index in [1.54, 1.807) is 42.5 Å². The molecule has 0 aliphatic carbocycles. The van der Waals surface area contributed by atoms with E-state index < -0.39 is 0 Å². The number of aromatic nitrogens is 4. The lowest BCUT2D eigenvalue weighted by molar-refractivity contribution is 0.0950. The minimum atomic E-state index is -0.255. The van der Waals surface area contributed by atoms with E-state index in [1.807, 2.05) is 48.5 Å². The molecule has 5 rings (SSSR count). The van der Waals surface area contributed by atoms with Gasteiger partial charge in [0.15, 0.2) is 5.16 Å². The quantitative estimate of drug-likeness (QED) is 0.306. The van der Waals surface area contributed by atoms with Gasteiger partial charge in [-0.05, 0) is 53.6 Å². The molecule has 3 heterocycles. The smallest absolute Gasteiger partial charge is 0.251 e. The molecule has 0 atom stereocenters. The van der Waals surface area contributed by atoms with Crippen molar-refractivity contribution in [1.82, 2.24) is 24.8 Å². The average Bonchev–Trinajstić information content (AvgIpc) is 3.25. The average molecular weight is 484 g/mol. The summed E-state index contributed by atoms with van der Waals surface area (Å²) in [6.07, 6.45) is 5.23. The Bertz CT molecular complexity index is 1440. The van der Waals surface area contributed by atoms with E-state index in [9.17, 15) is 9.18 Å². The molecule has 0 aliphatic rings. The maximum absolute atomic E-state index is 13.3. The number of hydrogen-bond donors (Lipinski definition) is 1. The monoisotopic (exact) mass is 483 g/mol. The van der Waals surface area contributed by atoms with E-state index in [0.717, 1.165) is 33.0 Å². The van der Waals surface area contributed by atoms with Gasteiger partial charge in [0.25, 0.3) is 5.91 Å². The predicted molar refractivity (Wildman–Crippen MR) is 134 cm³/mol.